The van der Waals surface area contributed by atoms with E-state index < -0.39 is 0 Å². The standard InChI is InChI=1S/C18H25NO3S/c1-12-4-3-5-15(13(12)2)19-18(20)11-23-14-6-7-16-17(10-14)22-9-8-21-16/h6-7,10,12-13,15H,3-5,8-9,11H2,1-2H3,(H,19,20)/t12-,13-,15-/m1/s1. The summed E-state index contributed by atoms with van der Waals surface area (Å²) in [6.45, 7) is 5.72. The lowest BCUT2D eigenvalue weighted by molar-refractivity contribution is -0.119. The normalized spacial score (nSPS) is 26.6. The number of fused-ring (bicyclic) bond motifs is 1. The van der Waals surface area contributed by atoms with Gasteiger partial charge in [0.05, 0.1) is 5.75 Å². The Balaban J connectivity index is 1.51. The Morgan fingerprint density at radius 3 is 2.83 bits per heavy atom. The van der Waals surface area contributed by atoms with E-state index in [1.165, 1.54) is 12.8 Å². The van der Waals surface area contributed by atoms with Crippen molar-refractivity contribution in [2.75, 3.05) is 19.0 Å². The highest BCUT2D eigenvalue weighted by molar-refractivity contribution is 8.00. The predicted molar refractivity (Wildman–Crippen MR) is 92.3 cm³/mol. The average molecular weight is 335 g/mol. The van der Waals surface area contributed by atoms with E-state index in [-0.39, 0.29) is 5.91 Å². The first kappa shape index (κ1) is 16.5. The third-order valence-corrected chi connectivity index (χ3v) is 5.93. The van der Waals surface area contributed by atoms with Gasteiger partial charge in [0.1, 0.15) is 13.2 Å². The van der Waals surface area contributed by atoms with Crippen LogP contribution in [0.5, 0.6) is 11.5 Å². The molecule has 3 atom stereocenters. The van der Waals surface area contributed by atoms with Gasteiger partial charge in [-0.05, 0) is 36.5 Å². The molecule has 1 heterocycles. The van der Waals surface area contributed by atoms with Crippen LogP contribution in [0.2, 0.25) is 0 Å². The first-order chi connectivity index (χ1) is 11.1. The highest BCUT2D eigenvalue weighted by atomic mass is 32.2. The van der Waals surface area contributed by atoms with Crippen LogP contribution in [0.15, 0.2) is 23.1 Å². The van der Waals surface area contributed by atoms with E-state index in [1.54, 1.807) is 11.8 Å². The van der Waals surface area contributed by atoms with E-state index in [4.69, 9.17) is 9.47 Å². The highest BCUT2D eigenvalue weighted by Gasteiger charge is 2.28. The molecule has 4 nitrogen and oxygen atoms in total. The maximum atomic E-state index is 12.2. The number of carbonyl (C=O) groups is 1. The van der Waals surface area contributed by atoms with Gasteiger partial charge in [0.2, 0.25) is 5.91 Å². The van der Waals surface area contributed by atoms with Crippen molar-refractivity contribution in [1.82, 2.24) is 5.32 Å². The van der Waals surface area contributed by atoms with Crippen LogP contribution >= 0.6 is 11.8 Å². The van der Waals surface area contributed by atoms with Gasteiger partial charge in [-0.25, -0.2) is 0 Å². The zero-order chi connectivity index (χ0) is 16.2. The minimum absolute atomic E-state index is 0.121. The third kappa shape index (κ3) is 4.14. The maximum Gasteiger partial charge on any atom is 0.230 e. The molecule has 1 amide bonds. The molecule has 0 radical (unpaired) electrons. The Morgan fingerprint density at radius 2 is 2.00 bits per heavy atom. The number of thioether (sulfide) groups is 1. The zero-order valence-electron chi connectivity index (χ0n) is 13.8. The average Bonchev–Trinajstić information content (AvgIpc) is 2.57. The summed E-state index contributed by atoms with van der Waals surface area (Å²) in [6, 6.07) is 6.18. The van der Waals surface area contributed by atoms with Gasteiger partial charge in [-0.2, -0.15) is 0 Å². The minimum atomic E-state index is 0.121. The van der Waals surface area contributed by atoms with Crippen LogP contribution in [-0.2, 0) is 4.79 Å². The largest absolute Gasteiger partial charge is 0.486 e. The van der Waals surface area contributed by atoms with Gasteiger partial charge < -0.3 is 14.8 Å². The van der Waals surface area contributed by atoms with E-state index in [1.807, 2.05) is 18.2 Å². The number of rotatable bonds is 4. The number of hydrogen-bond acceptors (Lipinski definition) is 4. The van der Waals surface area contributed by atoms with E-state index in [0.717, 1.165) is 22.8 Å². The Hall–Kier alpha value is -1.36. The topological polar surface area (TPSA) is 47.6 Å². The van der Waals surface area contributed by atoms with Gasteiger partial charge in [-0.1, -0.05) is 26.7 Å². The highest BCUT2D eigenvalue weighted by Crippen LogP contribution is 2.34. The molecule has 1 aliphatic heterocycles. The smallest absolute Gasteiger partial charge is 0.230 e. The number of amides is 1. The SMILES string of the molecule is C[C@@H]1[C@H](C)CCC[C@H]1NC(=O)CSc1ccc2c(c1)OCCO2. The summed E-state index contributed by atoms with van der Waals surface area (Å²) in [6.07, 6.45) is 3.59. The molecule has 2 aliphatic rings. The van der Waals surface area contributed by atoms with Gasteiger partial charge in [0, 0.05) is 10.9 Å². The van der Waals surface area contributed by atoms with Crippen LogP contribution in [0.4, 0.5) is 0 Å². The van der Waals surface area contributed by atoms with Crippen LogP contribution in [0.3, 0.4) is 0 Å². The summed E-state index contributed by atoms with van der Waals surface area (Å²) in [5.74, 6) is 3.38. The quantitative estimate of drug-likeness (QED) is 0.856. The number of benzene rings is 1. The van der Waals surface area contributed by atoms with Gasteiger partial charge >= 0.3 is 0 Å². The monoisotopic (exact) mass is 335 g/mol. The van der Waals surface area contributed by atoms with E-state index >= 15 is 0 Å². The summed E-state index contributed by atoms with van der Waals surface area (Å²) in [5, 5.41) is 3.22. The van der Waals surface area contributed by atoms with Crippen molar-refractivity contribution in [3.63, 3.8) is 0 Å². The molecule has 5 heteroatoms. The van der Waals surface area contributed by atoms with Crippen molar-refractivity contribution in [2.24, 2.45) is 11.8 Å². The summed E-state index contributed by atoms with van der Waals surface area (Å²) in [7, 11) is 0. The molecule has 1 aromatic carbocycles. The first-order valence-corrected chi connectivity index (χ1v) is 9.44. The first-order valence-electron chi connectivity index (χ1n) is 8.45. The number of carbonyl (C=O) groups excluding carboxylic acids is 1. The van der Waals surface area contributed by atoms with Crippen LogP contribution in [0, 0.1) is 11.8 Å². The second-order valence-electron chi connectivity index (χ2n) is 6.54. The number of hydrogen-bond donors (Lipinski definition) is 1. The molecule has 1 aromatic rings. The van der Waals surface area contributed by atoms with E-state index in [0.29, 0.717) is 36.8 Å². The van der Waals surface area contributed by atoms with E-state index in [2.05, 4.69) is 19.2 Å². The summed E-state index contributed by atoms with van der Waals surface area (Å²) in [5.41, 5.74) is 0. The molecule has 23 heavy (non-hydrogen) atoms. The number of nitrogens with one attached hydrogen (secondary N) is 1. The van der Waals surface area contributed by atoms with Crippen molar-refractivity contribution in [1.29, 1.82) is 0 Å². The predicted octanol–water partition coefficient (Wildman–Crippen LogP) is 3.49. The second kappa shape index (κ2) is 7.47. The van der Waals surface area contributed by atoms with E-state index in [9.17, 15) is 4.79 Å². The molecule has 1 saturated carbocycles. The Morgan fingerprint density at radius 1 is 1.22 bits per heavy atom. The summed E-state index contributed by atoms with van der Waals surface area (Å²) in [4.78, 5) is 13.3. The van der Waals surface area contributed by atoms with Gasteiger partial charge in [-0.3, -0.25) is 4.79 Å². The fourth-order valence-electron chi connectivity index (χ4n) is 3.30. The molecular formula is C18H25NO3S. The fraction of sp³-hybridized carbons (Fsp3) is 0.611. The molecule has 1 N–H and O–H groups in total. The molecule has 0 unspecified atom stereocenters. The molecule has 126 valence electrons. The van der Waals surface area contributed by atoms with Crippen LogP contribution in [0.1, 0.15) is 33.1 Å². The molecule has 0 bridgehead atoms. The lowest BCUT2D eigenvalue weighted by atomic mass is 9.78. The molecule has 1 fully saturated rings. The lowest BCUT2D eigenvalue weighted by Gasteiger charge is -2.34. The zero-order valence-corrected chi connectivity index (χ0v) is 14.7. The maximum absolute atomic E-state index is 12.2. The summed E-state index contributed by atoms with van der Waals surface area (Å²) < 4.78 is 11.1. The Labute approximate surface area is 142 Å². The number of ether oxygens (including phenoxy) is 2. The Kier molecular flexibility index (Phi) is 5.36. The Bertz CT molecular complexity index is 563. The van der Waals surface area contributed by atoms with Crippen molar-refractivity contribution in [3.05, 3.63) is 18.2 Å². The summed E-state index contributed by atoms with van der Waals surface area (Å²) >= 11 is 1.54. The molecule has 1 aliphatic carbocycles. The molecule has 0 saturated heterocycles. The lowest BCUT2D eigenvalue weighted by Crippen LogP contribution is -2.44. The van der Waals surface area contributed by atoms with Crippen molar-refractivity contribution >= 4 is 17.7 Å². The second-order valence-corrected chi connectivity index (χ2v) is 7.58. The minimum Gasteiger partial charge on any atom is -0.486 e. The third-order valence-electron chi connectivity index (χ3n) is 4.94. The molecular weight excluding hydrogens is 310 g/mol. The fourth-order valence-corrected chi connectivity index (χ4v) is 4.03. The van der Waals surface area contributed by atoms with Gasteiger partial charge in [0.25, 0.3) is 0 Å². The molecule has 0 aromatic heterocycles. The van der Waals surface area contributed by atoms with Crippen LogP contribution in [0.25, 0.3) is 0 Å². The van der Waals surface area contributed by atoms with Crippen molar-refractivity contribution in [3.8, 4) is 11.5 Å². The van der Waals surface area contributed by atoms with Gasteiger partial charge in [-0.15, -0.1) is 11.8 Å². The van der Waals surface area contributed by atoms with Crippen LogP contribution in [-0.4, -0.2) is 30.9 Å². The molecule has 0 spiro atoms. The van der Waals surface area contributed by atoms with Gasteiger partial charge in [0.15, 0.2) is 11.5 Å². The van der Waals surface area contributed by atoms with Crippen molar-refractivity contribution < 1.29 is 14.3 Å². The van der Waals surface area contributed by atoms with Crippen molar-refractivity contribution in [2.45, 2.75) is 44.0 Å². The molecule has 3 rings (SSSR count). The van der Waals surface area contributed by atoms with Crippen LogP contribution < -0.4 is 14.8 Å².